The van der Waals surface area contributed by atoms with Crippen LogP contribution in [0.3, 0.4) is 0 Å². The maximum absolute atomic E-state index is 5.37. The molecule has 1 aromatic carbocycles. The van der Waals surface area contributed by atoms with Crippen LogP contribution in [0.2, 0.25) is 19.6 Å². The van der Waals surface area contributed by atoms with Crippen molar-refractivity contribution in [3.05, 3.63) is 54.0 Å². The Morgan fingerprint density at radius 1 is 1.10 bits per heavy atom. The molecule has 0 aliphatic carbocycles. The van der Waals surface area contributed by atoms with Gasteiger partial charge in [0.1, 0.15) is 5.76 Å². The molecule has 21 heavy (non-hydrogen) atoms. The van der Waals surface area contributed by atoms with Crippen molar-refractivity contribution in [3.8, 4) is 0 Å². The Balaban J connectivity index is 1.77. The first-order valence-electron chi connectivity index (χ1n) is 7.80. The third kappa shape index (κ3) is 5.18. The van der Waals surface area contributed by atoms with Gasteiger partial charge in [-0.25, -0.2) is 0 Å². The zero-order valence-electron chi connectivity index (χ0n) is 13.6. The van der Waals surface area contributed by atoms with Gasteiger partial charge in [-0.1, -0.05) is 49.1 Å². The van der Waals surface area contributed by atoms with E-state index < -0.39 is 8.07 Å². The van der Waals surface area contributed by atoms with Gasteiger partial charge in [-0.3, -0.25) is 0 Å². The Kier molecular flexibility index (Phi) is 5.43. The first-order chi connectivity index (χ1) is 9.95. The van der Waals surface area contributed by atoms with Crippen molar-refractivity contribution in [2.45, 2.75) is 52.0 Å². The smallest absolute Gasteiger partial charge is 0.103 e. The van der Waals surface area contributed by atoms with E-state index in [-0.39, 0.29) is 0 Å². The SMILES string of the molecule is CC(CCc1ccco1)NCc1ccc([Si](C)(C)C)cc1. The quantitative estimate of drug-likeness (QED) is 0.784. The monoisotopic (exact) mass is 301 g/mol. The van der Waals surface area contributed by atoms with Crippen molar-refractivity contribution in [1.82, 2.24) is 5.32 Å². The summed E-state index contributed by atoms with van der Waals surface area (Å²) in [6, 6.07) is 13.6. The Hall–Kier alpha value is -1.32. The van der Waals surface area contributed by atoms with E-state index in [1.807, 2.05) is 12.1 Å². The summed E-state index contributed by atoms with van der Waals surface area (Å²) in [4.78, 5) is 0. The molecule has 2 rings (SSSR count). The van der Waals surface area contributed by atoms with Crippen molar-refractivity contribution in [3.63, 3.8) is 0 Å². The summed E-state index contributed by atoms with van der Waals surface area (Å²) in [5, 5.41) is 5.11. The Morgan fingerprint density at radius 2 is 1.81 bits per heavy atom. The average Bonchev–Trinajstić information content (AvgIpc) is 2.95. The number of aryl methyl sites for hydroxylation is 1. The standard InChI is InChI=1S/C18H27NOSi/c1-15(7-10-17-6-5-13-20-17)19-14-16-8-11-18(12-9-16)21(2,3)4/h5-6,8-9,11-13,15,19H,7,10,14H2,1-4H3. The lowest BCUT2D eigenvalue weighted by Crippen LogP contribution is -2.37. The van der Waals surface area contributed by atoms with Crippen LogP contribution >= 0.6 is 0 Å². The van der Waals surface area contributed by atoms with Gasteiger partial charge < -0.3 is 9.73 Å². The van der Waals surface area contributed by atoms with Gasteiger partial charge in [0.2, 0.25) is 0 Å². The summed E-state index contributed by atoms with van der Waals surface area (Å²) in [5.41, 5.74) is 1.36. The highest BCUT2D eigenvalue weighted by Crippen LogP contribution is 2.07. The zero-order chi connectivity index (χ0) is 15.3. The maximum atomic E-state index is 5.37. The predicted octanol–water partition coefficient (Wildman–Crippen LogP) is 3.94. The molecular weight excluding hydrogens is 274 g/mol. The van der Waals surface area contributed by atoms with Gasteiger partial charge in [0.25, 0.3) is 0 Å². The van der Waals surface area contributed by atoms with Crippen molar-refractivity contribution >= 4 is 13.3 Å². The van der Waals surface area contributed by atoms with Crippen LogP contribution in [0.15, 0.2) is 47.1 Å². The van der Waals surface area contributed by atoms with Crippen LogP contribution in [0.4, 0.5) is 0 Å². The largest absolute Gasteiger partial charge is 0.469 e. The zero-order valence-corrected chi connectivity index (χ0v) is 14.6. The third-order valence-corrected chi connectivity index (χ3v) is 5.94. The van der Waals surface area contributed by atoms with E-state index in [0.29, 0.717) is 6.04 Å². The average molecular weight is 302 g/mol. The molecule has 0 saturated carbocycles. The summed E-state index contributed by atoms with van der Waals surface area (Å²) in [6.07, 6.45) is 3.84. The number of hydrogen-bond donors (Lipinski definition) is 1. The lowest BCUT2D eigenvalue weighted by molar-refractivity contribution is 0.460. The first kappa shape index (κ1) is 16.1. The molecule has 1 atom stereocenters. The van der Waals surface area contributed by atoms with E-state index in [2.05, 4.69) is 56.1 Å². The van der Waals surface area contributed by atoms with Crippen LogP contribution in [-0.4, -0.2) is 14.1 Å². The predicted molar refractivity (Wildman–Crippen MR) is 92.8 cm³/mol. The van der Waals surface area contributed by atoms with E-state index >= 15 is 0 Å². The van der Waals surface area contributed by atoms with Crippen molar-refractivity contribution in [2.24, 2.45) is 0 Å². The molecule has 0 fully saturated rings. The van der Waals surface area contributed by atoms with Gasteiger partial charge in [0.15, 0.2) is 0 Å². The third-order valence-electron chi connectivity index (χ3n) is 3.88. The van der Waals surface area contributed by atoms with Gasteiger partial charge in [-0.05, 0) is 31.0 Å². The van der Waals surface area contributed by atoms with Crippen molar-refractivity contribution in [2.75, 3.05) is 0 Å². The second-order valence-corrected chi connectivity index (χ2v) is 11.9. The molecule has 2 aromatic rings. The molecule has 1 unspecified atom stereocenters. The van der Waals surface area contributed by atoms with Gasteiger partial charge >= 0.3 is 0 Å². The fraction of sp³-hybridized carbons (Fsp3) is 0.444. The molecule has 0 aliphatic rings. The molecule has 0 saturated heterocycles. The van der Waals surface area contributed by atoms with Gasteiger partial charge in [0.05, 0.1) is 14.3 Å². The first-order valence-corrected chi connectivity index (χ1v) is 11.3. The van der Waals surface area contributed by atoms with Crippen LogP contribution in [0.1, 0.15) is 24.7 Å². The molecule has 1 aromatic heterocycles. The molecule has 3 heteroatoms. The number of rotatable bonds is 7. The molecule has 0 aliphatic heterocycles. The Labute approximate surface area is 129 Å². The molecule has 0 bridgehead atoms. The molecular formula is C18H27NOSi. The normalized spacial score (nSPS) is 13.3. The lowest BCUT2D eigenvalue weighted by atomic mass is 10.1. The molecule has 0 radical (unpaired) electrons. The fourth-order valence-electron chi connectivity index (χ4n) is 2.33. The van der Waals surface area contributed by atoms with Crippen molar-refractivity contribution in [1.29, 1.82) is 0 Å². The number of hydrogen-bond acceptors (Lipinski definition) is 2. The highest BCUT2D eigenvalue weighted by molar-refractivity contribution is 6.88. The van der Waals surface area contributed by atoms with E-state index in [1.165, 1.54) is 10.8 Å². The minimum atomic E-state index is -1.18. The second kappa shape index (κ2) is 7.10. The summed E-state index contributed by atoms with van der Waals surface area (Å²) in [5.74, 6) is 1.07. The molecule has 0 spiro atoms. The topological polar surface area (TPSA) is 25.2 Å². The summed E-state index contributed by atoms with van der Waals surface area (Å²) < 4.78 is 5.37. The van der Waals surface area contributed by atoms with Crippen molar-refractivity contribution < 1.29 is 4.42 Å². The maximum Gasteiger partial charge on any atom is 0.103 e. The lowest BCUT2D eigenvalue weighted by Gasteiger charge is -2.17. The van der Waals surface area contributed by atoms with Gasteiger partial charge in [0, 0.05) is 19.0 Å². The molecule has 0 amide bonds. The van der Waals surface area contributed by atoms with E-state index in [4.69, 9.17) is 4.42 Å². The van der Waals surface area contributed by atoms with Gasteiger partial charge in [-0.15, -0.1) is 0 Å². The van der Waals surface area contributed by atoms with Crippen LogP contribution < -0.4 is 10.5 Å². The van der Waals surface area contributed by atoms with Crippen LogP contribution in [0.25, 0.3) is 0 Å². The van der Waals surface area contributed by atoms with E-state index in [9.17, 15) is 0 Å². The number of benzene rings is 1. The fourth-order valence-corrected chi connectivity index (χ4v) is 3.50. The minimum Gasteiger partial charge on any atom is -0.469 e. The minimum absolute atomic E-state index is 0.492. The van der Waals surface area contributed by atoms with Gasteiger partial charge in [-0.2, -0.15) is 0 Å². The number of nitrogens with one attached hydrogen (secondary N) is 1. The van der Waals surface area contributed by atoms with Crippen LogP contribution in [0.5, 0.6) is 0 Å². The Bertz CT molecular complexity index is 525. The molecule has 1 N–H and O–H groups in total. The number of furan rings is 1. The molecule has 2 nitrogen and oxygen atoms in total. The second-order valence-electron chi connectivity index (χ2n) is 6.85. The highest BCUT2D eigenvalue weighted by Gasteiger charge is 2.15. The van der Waals surface area contributed by atoms with Crippen LogP contribution in [-0.2, 0) is 13.0 Å². The summed E-state index contributed by atoms with van der Waals surface area (Å²) in [6.45, 7) is 10.3. The van der Waals surface area contributed by atoms with E-state index in [0.717, 1.165) is 25.1 Å². The molecule has 114 valence electrons. The van der Waals surface area contributed by atoms with E-state index in [1.54, 1.807) is 6.26 Å². The summed E-state index contributed by atoms with van der Waals surface area (Å²) in [7, 11) is -1.18. The summed E-state index contributed by atoms with van der Waals surface area (Å²) >= 11 is 0. The molecule has 1 heterocycles. The highest BCUT2D eigenvalue weighted by atomic mass is 28.3. The Morgan fingerprint density at radius 3 is 2.38 bits per heavy atom. The van der Waals surface area contributed by atoms with Crippen LogP contribution in [0, 0.1) is 0 Å².